The molecule has 2 aromatic carbocycles. The zero-order valence-electron chi connectivity index (χ0n) is 15.8. The Morgan fingerprint density at radius 2 is 1.85 bits per heavy atom. The summed E-state index contributed by atoms with van der Waals surface area (Å²) in [5.41, 5.74) is 1.06. The lowest BCUT2D eigenvalue weighted by molar-refractivity contribution is -0.120. The van der Waals surface area contributed by atoms with Gasteiger partial charge in [-0.3, -0.25) is 14.5 Å². The minimum atomic E-state index is -0.356. The second kappa shape index (κ2) is 9.28. The zero-order valence-corrected chi connectivity index (χ0v) is 16.5. The van der Waals surface area contributed by atoms with E-state index in [1.54, 1.807) is 36.4 Å². The molecule has 0 bridgehead atoms. The number of anilines is 2. The Morgan fingerprint density at radius 1 is 1.15 bits per heavy atom. The molecule has 2 amide bonds. The van der Waals surface area contributed by atoms with Crippen molar-refractivity contribution >= 4 is 34.8 Å². The zero-order chi connectivity index (χ0) is 20.0. The number of hydrogen-bond acceptors (Lipinski definition) is 4. The number of hydrogen-bond donors (Lipinski definition) is 1. The van der Waals surface area contributed by atoms with E-state index in [1.807, 2.05) is 19.9 Å². The van der Waals surface area contributed by atoms with Crippen molar-refractivity contribution in [2.24, 2.45) is 0 Å². The van der Waals surface area contributed by atoms with Crippen molar-refractivity contribution in [1.29, 1.82) is 0 Å². The van der Waals surface area contributed by atoms with E-state index in [9.17, 15) is 9.59 Å². The van der Waals surface area contributed by atoms with E-state index in [2.05, 4.69) is 5.32 Å². The van der Waals surface area contributed by atoms with E-state index in [4.69, 9.17) is 21.1 Å². The Hall–Kier alpha value is -2.73. The standard InChI is InChI=1S/C20H23ClN2O4/c1-13(2)27-19-8-6-5-7-17(19)23(14(3)24)12-20(25)22-15-9-10-18(26-4)16(21)11-15/h5-11,13H,12H2,1-4H3,(H,22,25). The third-order valence-corrected chi connectivity index (χ3v) is 3.93. The second-order valence-electron chi connectivity index (χ2n) is 6.14. The quantitative estimate of drug-likeness (QED) is 0.771. The highest BCUT2D eigenvalue weighted by Crippen LogP contribution is 2.30. The minimum absolute atomic E-state index is 0.0600. The molecule has 1 N–H and O–H groups in total. The first-order valence-corrected chi connectivity index (χ1v) is 8.86. The van der Waals surface area contributed by atoms with E-state index in [0.29, 0.717) is 27.9 Å². The van der Waals surface area contributed by atoms with Gasteiger partial charge in [-0.1, -0.05) is 23.7 Å². The third kappa shape index (κ3) is 5.62. The van der Waals surface area contributed by atoms with Gasteiger partial charge < -0.3 is 14.8 Å². The number of rotatable bonds is 7. The molecular formula is C20H23ClN2O4. The van der Waals surface area contributed by atoms with Gasteiger partial charge in [0.2, 0.25) is 11.8 Å². The highest BCUT2D eigenvalue weighted by Gasteiger charge is 2.20. The third-order valence-electron chi connectivity index (χ3n) is 3.64. The highest BCUT2D eigenvalue weighted by atomic mass is 35.5. The molecule has 2 aromatic rings. The molecule has 0 heterocycles. The lowest BCUT2D eigenvalue weighted by Gasteiger charge is -2.24. The van der Waals surface area contributed by atoms with E-state index >= 15 is 0 Å². The molecule has 0 unspecified atom stereocenters. The van der Waals surface area contributed by atoms with Crippen molar-refractivity contribution in [2.75, 3.05) is 23.9 Å². The topological polar surface area (TPSA) is 67.9 Å². The van der Waals surface area contributed by atoms with Gasteiger partial charge in [0.1, 0.15) is 18.0 Å². The summed E-state index contributed by atoms with van der Waals surface area (Å²) in [5.74, 6) is 0.436. The fraction of sp³-hybridized carbons (Fsp3) is 0.300. The van der Waals surface area contributed by atoms with Gasteiger partial charge in [0.05, 0.1) is 23.9 Å². The molecule has 27 heavy (non-hydrogen) atoms. The number of ether oxygens (including phenoxy) is 2. The van der Waals surface area contributed by atoms with Gasteiger partial charge in [0.25, 0.3) is 0 Å². The van der Waals surface area contributed by atoms with Crippen molar-refractivity contribution in [3.63, 3.8) is 0 Å². The van der Waals surface area contributed by atoms with Crippen LogP contribution in [0.3, 0.4) is 0 Å². The predicted molar refractivity (Wildman–Crippen MR) is 107 cm³/mol. The molecule has 6 nitrogen and oxygen atoms in total. The van der Waals surface area contributed by atoms with Gasteiger partial charge in [0, 0.05) is 12.6 Å². The number of methoxy groups -OCH3 is 1. The average Bonchev–Trinajstić information content (AvgIpc) is 2.60. The van der Waals surface area contributed by atoms with Crippen LogP contribution in [0.15, 0.2) is 42.5 Å². The number of benzene rings is 2. The SMILES string of the molecule is COc1ccc(NC(=O)CN(C(C)=O)c2ccccc2OC(C)C)cc1Cl. The largest absolute Gasteiger partial charge is 0.495 e. The molecule has 0 saturated heterocycles. The van der Waals surface area contributed by atoms with Crippen molar-refractivity contribution in [3.8, 4) is 11.5 Å². The lowest BCUT2D eigenvalue weighted by Crippen LogP contribution is -2.37. The molecule has 7 heteroatoms. The number of para-hydroxylation sites is 2. The maximum atomic E-state index is 12.5. The van der Waals surface area contributed by atoms with Crippen LogP contribution in [0.25, 0.3) is 0 Å². The maximum absolute atomic E-state index is 12.5. The molecule has 0 radical (unpaired) electrons. The van der Waals surface area contributed by atoms with Gasteiger partial charge in [-0.15, -0.1) is 0 Å². The summed E-state index contributed by atoms with van der Waals surface area (Å²) in [6, 6.07) is 12.1. The number of amides is 2. The first-order chi connectivity index (χ1) is 12.8. The van der Waals surface area contributed by atoms with Crippen LogP contribution < -0.4 is 19.7 Å². The molecule has 0 atom stereocenters. The van der Waals surface area contributed by atoms with Crippen LogP contribution in [0.4, 0.5) is 11.4 Å². The van der Waals surface area contributed by atoms with Crippen LogP contribution in [-0.4, -0.2) is 31.6 Å². The summed E-state index contributed by atoms with van der Waals surface area (Å²) < 4.78 is 10.9. The van der Waals surface area contributed by atoms with E-state index < -0.39 is 0 Å². The highest BCUT2D eigenvalue weighted by molar-refractivity contribution is 6.32. The van der Waals surface area contributed by atoms with Gasteiger partial charge in [0.15, 0.2) is 0 Å². The Balaban J connectivity index is 2.18. The van der Waals surface area contributed by atoms with Crippen LogP contribution >= 0.6 is 11.6 Å². The summed E-state index contributed by atoms with van der Waals surface area (Å²) in [5, 5.41) is 3.12. The lowest BCUT2D eigenvalue weighted by atomic mass is 10.2. The van der Waals surface area contributed by atoms with Gasteiger partial charge in [-0.05, 0) is 44.2 Å². The molecule has 2 rings (SSSR count). The van der Waals surface area contributed by atoms with Crippen LogP contribution in [-0.2, 0) is 9.59 Å². The van der Waals surface area contributed by atoms with Crippen molar-refractivity contribution in [1.82, 2.24) is 0 Å². The van der Waals surface area contributed by atoms with Crippen molar-refractivity contribution < 1.29 is 19.1 Å². The Labute approximate surface area is 164 Å². The molecule has 0 spiro atoms. The van der Waals surface area contributed by atoms with Gasteiger partial charge in [-0.25, -0.2) is 0 Å². The summed E-state index contributed by atoms with van der Waals surface area (Å²) >= 11 is 6.08. The Morgan fingerprint density at radius 3 is 2.44 bits per heavy atom. The van der Waals surface area contributed by atoms with Crippen LogP contribution in [0.1, 0.15) is 20.8 Å². The fourth-order valence-corrected chi connectivity index (χ4v) is 2.75. The second-order valence-corrected chi connectivity index (χ2v) is 6.54. The number of carbonyl (C=O) groups is 2. The normalized spacial score (nSPS) is 10.4. The van der Waals surface area contributed by atoms with Crippen LogP contribution in [0, 0.1) is 0 Å². The monoisotopic (exact) mass is 390 g/mol. The molecule has 0 fully saturated rings. The van der Waals surface area contributed by atoms with Crippen molar-refractivity contribution in [2.45, 2.75) is 26.9 Å². The first kappa shape index (κ1) is 20.6. The summed E-state index contributed by atoms with van der Waals surface area (Å²) in [4.78, 5) is 26.0. The number of nitrogens with zero attached hydrogens (tertiary/aromatic N) is 1. The van der Waals surface area contributed by atoms with E-state index in [1.165, 1.54) is 18.9 Å². The molecular weight excluding hydrogens is 368 g/mol. The summed E-state index contributed by atoms with van der Waals surface area (Å²) in [6.07, 6.45) is -0.0600. The molecule has 0 aliphatic carbocycles. The minimum Gasteiger partial charge on any atom is -0.495 e. The van der Waals surface area contributed by atoms with Gasteiger partial charge in [-0.2, -0.15) is 0 Å². The summed E-state index contributed by atoms with van der Waals surface area (Å²) in [6.45, 7) is 5.05. The average molecular weight is 391 g/mol. The van der Waals surface area contributed by atoms with E-state index in [0.717, 1.165) is 0 Å². The molecule has 0 saturated carbocycles. The van der Waals surface area contributed by atoms with Crippen LogP contribution in [0.2, 0.25) is 5.02 Å². The number of carbonyl (C=O) groups excluding carboxylic acids is 2. The number of halogens is 1. The summed E-state index contributed by atoms with van der Waals surface area (Å²) in [7, 11) is 1.51. The molecule has 144 valence electrons. The Bertz CT molecular complexity index is 823. The Kier molecular flexibility index (Phi) is 7.07. The molecule has 0 aromatic heterocycles. The smallest absolute Gasteiger partial charge is 0.244 e. The fourth-order valence-electron chi connectivity index (χ4n) is 2.49. The molecule has 0 aliphatic heterocycles. The number of nitrogens with one attached hydrogen (secondary N) is 1. The van der Waals surface area contributed by atoms with Crippen molar-refractivity contribution in [3.05, 3.63) is 47.5 Å². The van der Waals surface area contributed by atoms with Crippen LogP contribution in [0.5, 0.6) is 11.5 Å². The maximum Gasteiger partial charge on any atom is 0.244 e. The first-order valence-electron chi connectivity index (χ1n) is 8.49. The van der Waals surface area contributed by atoms with E-state index in [-0.39, 0.29) is 24.5 Å². The van der Waals surface area contributed by atoms with Gasteiger partial charge >= 0.3 is 0 Å². The molecule has 0 aliphatic rings. The predicted octanol–water partition coefficient (Wildman–Crippen LogP) is 4.13.